The van der Waals surface area contributed by atoms with Crippen LogP contribution in [-0.4, -0.2) is 35.5 Å². The van der Waals surface area contributed by atoms with Crippen LogP contribution in [0.15, 0.2) is 65.7 Å². The number of carboxylic acids is 1. The van der Waals surface area contributed by atoms with Gasteiger partial charge in [-0.1, -0.05) is 32.0 Å². The normalized spacial score (nSPS) is 12.4. The monoisotopic (exact) mass is 534 g/mol. The number of carbonyl (C=O) groups excluding carboxylic acids is 1. The summed E-state index contributed by atoms with van der Waals surface area (Å²) < 4.78 is 21.3. The van der Waals surface area contributed by atoms with Gasteiger partial charge in [0.05, 0.1) is 23.5 Å². The molecule has 9 heteroatoms. The van der Waals surface area contributed by atoms with Crippen molar-refractivity contribution in [2.24, 2.45) is 7.05 Å². The first-order chi connectivity index (χ1) is 18.4. The Kier molecular flexibility index (Phi) is 8.16. The molecule has 1 amide bonds. The molecule has 2 heterocycles. The van der Waals surface area contributed by atoms with Gasteiger partial charge >= 0.3 is 5.97 Å². The molecule has 0 spiro atoms. The molecule has 1 aliphatic heterocycles. The van der Waals surface area contributed by atoms with E-state index in [9.17, 15) is 14.7 Å². The molecule has 0 saturated carbocycles. The minimum absolute atomic E-state index is 0.130. The summed E-state index contributed by atoms with van der Waals surface area (Å²) in [6.45, 7) is 6.10. The second-order valence-corrected chi connectivity index (χ2v) is 9.35. The number of ether oxygens (including phenoxy) is 3. The molecule has 1 unspecified atom stereocenters. The van der Waals surface area contributed by atoms with Gasteiger partial charge in [0.15, 0.2) is 11.5 Å². The summed E-state index contributed by atoms with van der Waals surface area (Å²) in [6, 6.07) is 16.1. The molecule has 8 nitrogen and oxygen atoms in total. The largest absolute Gasteiger partial charge is 0.496 e. The molecule has 38 heavy (non-hydrogen) atoms. The molecule has 1 aromatic heterocycles. The van der Waals surface area contributed by atoms with Crippen LogP contribution in [0, 0.1) is 6.92 Å². The summed E-state index contributed by atoms with van der Waals surface area (Å²) >= 11 is 1.19. The van der Waals surface area contributed by atoms with E-state index in [0.29, 0.717) is 17.2 Å². The molecule has 3 aromatic carbocycles. The molecule has 0 saturated heterocycles. The van der Waals surface area contributed by atoms with Crippen molar-refractivity contribution in [2.45, 2.75) is 31.6 Å². The first kappa shape index (κ1) is 26.9. The first-order valence-electron chi connectivity index (χ1n) is 12.2. The Morgan fingerprint density at radius 2 is 1.82 bits per heavy atom. The maximum atomic E-state index is 13.8. The van der Waals surface area contributed by atoms with Crippen molar-refractivity contribution >= 4 is 34.7 Å². The zero-order chi connectivity index (χ0) is 27.4. The van der Waals surface area contributed by atoms with Gasteiger partial charge in [-0.2, -0.15) is 0 Å². The number of aryl methyl sites for hydroxylation is 2. The van der Waals surface area contributed by atoms with Gasteiger partial charge in [-0.25, -0.2) is 4.79 Å². The van der Waals surface area contributed by atoms with Gasteiger partial charge in [0.2, 0.25) is 12.7 Å². The summed E-state index contributed by atoms with van der Waals surface area (Å²) in [5.74, 6) is -0.0640. The smallest absolute Gasteiger partial charge is 0.335 e. The Morgan fingerprint density at radius 1 is 1.05 bits per heavy atom. The highest BCUT2D eigenvalue weighted by Crippen LogP contribution is 2.39. The molecule has 1 aliphatic rings. The number of rotatable bonds is 7. The standard InChI is InChI=1S/C27H24N2O6S.C2H6/c1-15-4-9-24(23(10-15)33-3)36-28-26(30)25(16-6-8-21-22(12-16)35-14-34-21)19-13-29(2)20-11-17(27(31)32)5-7-18(19)20;1-2/h4-13,25H,14H2,1-3H3,(H,28,30)(H,31,32);1-2H3. The molecule has 0 radical (unpaired) electrons. The number of aromatic carboxylic acids is 1. The maximum absolute atomic E-state index is 13.8. The Labute approximate surface area is 225 Å². The summed E-state index contributed by atoms with van der Waals surface area (Å²) in [5.41, 5.74) is 3.43. The van der Waals surface area contributed by atoms with Crippen molar-refractivity contribution in [1.29, 1.82) is 0 Å². The highest BCUT2D eigenvalue weighted by molar-refractivity contribution is 7.98. The van der Waals surface area contributed by atoms with Crippen LogP contribution in [0.2, 0.25) is 0 Å². The molecular weight excluding hydrogens is 504 g/mol. The molecule has 5 rings (SSSR count). The van der Waals surface area contributed by atoms with Gasteiger partial charge < -0.3 is 23.9 Å². The van der Waals surface area contributed by atoms with E-state index in [-0.39, 0.29) is 18.3 Å². The number of aromatic nitrogens is 1. The Morgan fingerprint density at radius 3 is 2.55 bits per heavy atom. The molecule has 198 valence electrons. The third-order valence-electron chi connectivity index (χ3n) is 6.15. The summed E-state index contributed by atoms with van der Waals surface area (Å²) in [5, 5.41) is 10.2. The lowest BCUT2D eigenvalue weighted by atomic mass is 9.90. The van der Waals surface area contributed by atoms with Gasteiger partial charge in [-0.05, 0) is 72.0 Å². The third kappa shape index (κ3) is 5.28. The Balaban J connectivity index is 0.00000164. The van der Waals surface area contributed by atoms with E-state index in [1.165, 1.54) is 11.9 Å². The number of carboxylic acid groups (broad SMARTS) is 1. The lowest BCUT2D eigenvalue weighted by Gasteiger charge is -2.18. The predicted octanol–water partition coefficient (Wildman–Crippen LogP) is 5.90. The average Bonchev–Trinajstić information content (AvgIpc) is 3.53. The van der Waals surface area contributed by atoms with E-state index in [1.807, 2.05) is 68.9 Å². The Hall–Kier alpha value is -4.11. The summed E-state index contributed by atoms with van der Waals surface area (Å²) in [6.07, 6.45) is 1.86. The third-order valence-corrected chi connectivity index (χ3v) is 7.01. The molecule has 0 bridgehead atoms. The fraction of sp³-hybridized carbons (Fsp3) is 0.241. The van der Waals surface area contributed by atoms with Gasteiger partial charge in [-0.3, -0.25) is 9.52 Å². The Bertz CT molecular complexity index is 1500. The van der Waals surface area contributed by atoms with E-state index in [0.717, 1.165) is 32.5 Å². The molecular formula is C29H30N2O6S. The van der Waals surface area contributed by atoms with Crippen molar-refractivity contribution in [3.05, 3.63) is 83.0 Å². The number of benzene rings is 3. The minimum Gasteiger partial charge on any atom is -0.496 e. The van der Waals surface area contributed by atoms with Crippen LogP contribution in [0.1, 0.15) is 46.8 Å². The molecule has 2 N–H and O–H groups in total. The minimum atomic E-state index is -1.01. The lowest BCUT2D eigenvalue weighted by Crippen LogP contribution is -2.25. The fourth-order valence-electron chi connectivity index (χ4n) is 4.37. The molecule has 1 atom stereocenters. The number of nitrogens with zero attached hydrogens (tertiary/aromatic N) is 1. The van der Waals surface area contributed by atoms with Crippen LogP contribution in [0.25, 0.3) is 10.9 Å². The van der Waals surface area contributed by atoms with E-state index < -0.39 is 11.9 Å². The SMILES string of the molecule is CC.COc1cc(C)ccc1SNC(=O)C(c1ccc2c(c1)OCO2)c1cn(C)c2cc(C(=O)O)ccc12. The van der Waals surface area contributed by atoms with E-state index in [2.05, 4.69) is 4.72 Å². The van der Waals surface area contributed by atoms with Crippen molar-refractivity contribution in [2.75, 3.05) is 13.9 Å². The number of hydrogen-bond donors (Lipinski definition) is 2. The zero-order valence-electron chi connectivity index (χ0n) is 21.9. The van der Waals surface area contributed by atoms with Crippen LogP contribution in [-0.2, 0) is 11.8 Å². The van der Waals surface area contributed by atoms with Crippen LogP contribution >= 0.6 is 11.9 Å². The highest BCUT2D eigenvalue weighted by Gasteiger charge is 2.29. The average molecular weight is 535 g/mol. The number of methoxy groups -OCH3 is 1. The van der Waals surface area contributed by atoms with E-state index >= 15 is 0 Å². The van der Waals surface area contributed by atoms with Gasteiger partial charge in [0, 0.05) is 24.1 Å². The number of fused-ring (bicyclic) bond motifs is 2. The summed E-state index contributed by atoms with van der Waals surface area (Å²) in [7, 11) is 3.43. The van der Waals surface area contributed by atoms with Crippen LogP contribution in [0.4, 0.5) is 0 Å². The van der Waals surface area contributed by atoms with E-state index in [1.54, 1.807) is 31.4 Å². The summed E-state index contributed by atoms with van der Waals surface area (Å²) in [4.78, 5) is 26.1. The zero-order valence-corrected chi connectivity index (χ0v) is 22.7. The maximum Gasteiger partial charge on any atom is 0.335 e. The van der Waals surface area contributed by atoms with Crippen molar-refractivity contribution in [1.82, 2.24) is 9.29 Å². The number of carbonyl (C=O) groups is 2. The van der Waals surface area contributed by atoms with Gasteiger partial charge in [0.25, 0.3) is 0 Å². The first-order valence-corrected chi connectivity index (χ1v) is 13.0. The van der Waals surface area contributed by atoms with Crippen LogP contribution in [0.5, 0.6) is 17.2 Å². The molecule has 0 fully saturated rings. The van der Waals surface area contributed by atoms with Crippen LogP contribution in [0.3, 0.4) is 0 Å². The number of hydrogen-bond acceptors (Lipinski definition) is 6. The number of nitrogens with one attached hydrogen (secondary N) is 1. The van der Waals surface area contributed by atoms with Gasteiger partial charge in [0.1, 0.15) is 5.75 Å². The lowest BCUT2D eigenvalue weighted by molar-refractivity contribution is -0.119. The topological polar surface area (TPSA) is 99.0 Å². The highest BCUT2D eigenvalue weighted by atomic mass is 32.2. The molecule has 0 aliphatic carbocycles. The van der Waals surface area contributed by atoms with Crippen LogP contribution < -0.4 is 18.9 Å². The number of amides is 1. The van der Waals surface area contributed by atoms with Crippen molar-refractivity contribution < 1.29 is 28.9 Å². The second kappa shape index (κ2) is 11.5. The van der Waals surface area contributed by atoms with Crippen molar-refractivity contribution in [3.8, 4) is 17.2 Å². The fourth-order valence-corrected chi connectivity index (χ4v) is 5.07. The predicted molar refractivity (Wildman–Crippen MR) is 147 cm³/mol. The second-order valence-electron chi connectivity index (χ2n) is 8.50. The van der Waals surface area contributed by atoms with Gasteiger partial charge in [-0.15, -0.1) is 0 Å². The van der Waals surface area contributed by atoms with Crippen molar-refractivity contribution in [3.63, 3.8) is 0 Å². The van der Waals surface area contributed by atoms with E-state index in [4.69, 9.17) is 14.2 Å². The molecule has 4 aromatic rings. The quantitative estimate of drug-likeness (QED) is 0.285.